The Balaban J connectivity index is 1.23. The number of para-hydroxylation sites is 1. The van der Waals surface area contributed by atoms with Crippen molar-refractivity contribution >= 4 is 22.8 Å². The molecule has 3 N–H and O–H groups in total. The number of rotatable bonds is 8. The zero-order valence-corrected chi connectivity index (χ0v) is 16.6. The van der Waals surface area contributed by atoms with Gasteiger partial charge in [-0.05, 0) is 50.2 Å². The van der Waals surface area contributed by atoms with Crippen molar-refractivity contribution < 1.29 is 4.79 Å². The number of aromatic nitrogens is 3. The van der Waals surface area contributed by atoms with Gasteiger partial charge >= 0.3 is 0 Å². The van der Waals surface area contributed by atoms with Crippen molar-refractivity contribution in [1.29, 1.82) is 0 Å². The largest absolute Gasteiger partial charge is 0.361 e. The third kappa shape index (κ3) is 5.02. The smallest absolute Gasteiger partial charge is 0.254 e. The Morgan fingerprint density at radius 2 is 1.93 bits per heavy atom. The number of nitrogens with one attached hydrogen (secondary N) is 3. The molecule has 6 nitrogen and oxygen atoms in total. The van der Waals surface area contributed by atoms with E-state index in [0.717, 1.165) is 31.3 Å². The van der Waals surface area contributed by atoms with E-state index in [2.05, 4.69) is 43.8 Å². The van der Waals surface area contributed by atoms with Gasteiger partial charge in [0.05, 0.1) is 5.56 Å². The standard InChI is InChI=1S/C23H27N5O/c29-22(24-12-10-17-6-2-1-3-7-17)19-15-27-23(28-16-19)25-13-11-18-14-26-21-9-5-4-8-20(18)21/h4-6,8-9,14-16,26H,1-3,7,10-13H2,(H,24,29)(H,25,27,28). The Morgan fingerprint density at radius 1 is 1.07 bits per heavy atom. The fourth-order valence-corrected chi connectivity index (χ4v) is 3.75. The second-order valence-electron chi connectivity index (χ2n) is 7.45. The fraction of sp³-hybridized carbons (Fsp3) is 0.348. The molecule has 0 bridgehead atoms. The Kier molecular flexibility index (Phi) is 6.19. The number of H-pyrrole nitrogens is 1. The molecule has 29 heavy (non-hydrogen) atoms. The van der Waals surface area contributed by atoms with E-state index >= 15 is 0 Å². The molecule has 6 heteroatoms. The average Bonchev–Trinajstić information content (AvgIpc) is 3.18. The van der Waals surface area contributed by atoms with Gasteiger partial charge in [-0.1, -0.05) is 29.8 Å². The first-order chi connectivity index (χ1) is 14.3. The summed E-state index contributed by atoms with van der Waals surface area (Å²) in [6, 6.07) is 8.27. The summed E-state index contributed by atoms with van der Waals surface area (Å²) in [6.45, 7) is 1.39. The first-order valence-corrected chi connectivity index (χ1v) is 10.4. The van der Waals surface area contributed by atoms with Crippen LogP contribution in [0.25, 0.3) is 10.9 Å². The predicted octanol–water partition coefficient (Wildman–Crippen LogP) is 4.23. The number of benzene rings is 1. The van der Waals surface area contributed by atoms with Gasteiger partial charge in [-0.3, -0.25) is 4.79 Å². The lowest BCUT2D eigenvalue weighted by Gasteiger charge is -2.12. The molecule has 4 rings (SSSR count). The lowest BCUT2D eigenvalue weighted by Crippen LogP contribution is -2.25. The summed E-state index contributed by atoms with van der Waals surface area (Å²) < 4.78 is 0. The van der Waals surface area contributed by atoms with Gasteiger partial charge in [-0.15, -0.1) is 0 Å². The molecule has 1 aromatic carbocycles. The summed E-state index contributed by atoms with van der Waals surface area (Å²) in [5.74, 6) is 0.417. The molecule has 3 aromatic rings. The number of aromatic amines is 1. The Bertz CT molecular complexity index is 990. The van der Waals surface area contributed by atoms with Gasteiger partial charge in [0.25, 0.3) is 5.91 Å². The van der Waals surface area contributed by atoms with Crippen molar-refractivity contribution in [3.8, 4) is 0 Å². The molecule has 0 unspecified atom stereocenters. The zero-order valence-electron chi connectivity index (χ0n) is 16.6. The van der Waals surface area contributed by atoms with E-state index in [1.54, 1.807) is 12.4 Å². The number of allylic oxidation sites excluding steroid dienone is 1. The number of fused-ring (bicyclic) bond motifs is 1. The van der Waals surface area contributed by atoms with Crippen molar-refractivity contribution in [2.24, 2.45) is 0 Å². The molecule has 0 spiro atoms. The fourth-order valence-electron chi connectivity index (χ4n) is 3.75. The van der Waals surface area contributed by atoms with Gasteiger partial charge in [0, 0.05) is 42.6 Å². The molecular weight excluding hydrogens is 362 g/mol. The van der Waals surface area contributed by atoms with Crippen LogP contribution < -0.4 is 10.6 Å². The van der Waals surface area contributed by atoms with E-state index in [0.29, 0.717) is 18.1 Å². The number of hydrogen-bond acceptors (Lipinski definition) is 4. The average molecular weight is 390 g/mol. The van der Waals surface area contributed by atoms with Gasteiger partial charge < -0.3 is 15.6 Å². The number of carbonyl (C=O) groups is 1. The number of amides is 1. The lowest BCUT2D eigenvalue weighted by molar-refractivity contribution is 0.0953. The van der Waals surface area contributed by atoms with Crippen LogP contribution in [0.4, 0.5) is 5.95 Å². The van der Waals surface area contributed by atoms with E-state index in [4.69, 9.17) is 0 Å². The van der Waals surface area contributed by atoms with Gasteiger partial charge in [0.15, 0.2) is 0 Å². The molecule has 0 aliphatic heterocycles. The number of carbonyl (C=O) groups excluding carboxylic acids is 1. The Labute approximate surface area is 170 Å². The van der Waals surface area contributed by atoms with Crippen LogP contribution in [0.2, 0.25) is 0 Å². The van der Waals surface area contributed by atoms with E-state index in [1.165, 1.54) is 35.8 Å². The maximum Gasteiger partial charge on any atom is 0.254 e. The van der Waals surface area contributed by atoms with Crippen molar-refractivity contribution in [2.75, 3.05) is 18.4 Å². The summed E-state index contributed by atoms with van der Waals surface area (Å²) in [6.07, 6.45) is 14.2. The van der Waals surface area contributed by atoms with Gasteiger partial charge in [0.1, 0.15) is 0 Å². The van der Waals surface area contributed by atoms with Crippen molar-refractivity contribution in [3.05, 3.63) is 65.6 Å². The van der Waals surface area contributed by atoms with Crippen LogP contribution in [0, 0.1) is 0 Å². The first-order valence-electron chi connectivity index (χ1n) is 10.4. The molecule has 0 fully saturated rings. The van der Waals surface area contributed by atoms with Crippen molar-refractivity contribution in [1.82, 2.24) is 20.3 Å². The highest BCUT2D eigenvalue weighted by Crippen LogP contribution is 2.19. The zero-order chi connectivity index (χ0) is 19.9. The summed E-state index contributed by atoms with van der Waals surface area (Å²) in [4.78, 5) is 24.1. The molecular formula is C23H27N5O. The summed E-state index contributed by atoms with van der Waals surface area (Å²) in [5.41, 5.74) is 4.36. The van der Waals surface area contributed by atoms with Gasteiger partial charge in [-0.25, -0.2) is 9.97 Å². The topological polar surface area (TPSA) is 82.7 Å². The monoisotopic (exact) mass is 389 g/mol. The SMILES string of the molecule is O=C(NCCC1=CCCCC1)c1cnc(NCCc2c[nH]c3ccccc23)nc1. The highest BCUT2D eigenvalue weighted by atomic mass is 16.1. The van der Waals surface area contributed by atoms with Gasteiger partial charge in [0.2, 0.25) is 5.95 Å². The van der Waals surface area contributed by atoms with E-state index in [-0.39, 0.29) is 5.91 Å². The van der Waals surface area contributed by atoms with Crippen LogP contribution in [0.15, 0.2) is 54.5 Å². The van der Waals surface area contributed by atoms with Gasteiger partial charge in [-0.2, -0.15) is 0 Å². The van der Waals surface area contributed by atoms with E-state index < -0.39 is 0 Å². The van der Waals surface area contributed by atoms with Crippen molar-refractivity contribution in [2.45, 2.75) is 38.5 Å². The maximum absolute atomic E-state index is 12.3. The minimum absolute atomic E-state index is 0.119. The van der Waals surface area contributed by atoms with E-state index in [9.17, 15) is 4.79 Å². The lowest BCUT2D eigenvalue weighted by atomic mass is 9.97. The highest BCUT2D eigenvalue weighted by Gasteiger charge is 2.09. The minimum Gasteiger partial charge on any atom is -0.361 e. The normalized spacial score (nSPS) is 13.9. The third-order valence-electron chi connectivity index (χ3n) is 5.38. The van der Waals surface area contributed by atoms with E-state index in [1.807, 2.05) is 18.3 Å². The molecule has 2 aromatic heterocycles. The molecule has 150 valence electrons. The number of anilines is 1. The third-order valence-corrected chi connectivity index (χ3v) is 5.38. The number of nitrogens with zero attached hydrogens (tertiary/aromatic N) is 2. The second kappa shape index (κ2) is 9.37. The predicted molar refractivity (Wildman–Crippen MR) is 116 cm³/mol. The van der Waals surface area contributed by atoms with Crippen LogP contribution in [-0.2, 0) is 6.42 Å². The number of hydrogen-bond donors (Lipinski definition) is 3. The first kappa shape index (κ1) is 19.2. The molecule has 1 aliphatic carbocycles. The Morgan fingerprint density at radius 3 is 2.76 bits per heavy atom. The van der Waals surface area contributed by atoms with Crippen LogP contribution >= 0.6 is 0 Å². The van der Waals surface area contributed by atoms with Crippen LogP contribution in [0.3, 0.4) is 0 Å². The van der Waals surface area contributed by atoms with Crippen molar-refractivity contribution in [3.63, 3.8) is 0 Å². The maximum atomic E-state index is 12.3. The molecule has 1 amide bonds. The molecule has 0 radical (unpaired) electrons. The summed E-state index contributed by atoms with van der Waals surface area (Å²) >= 11 is 0. The van der Waals surface area contributed by atoms with Crippen LogP contribution in [-0.4, -0.2) is 33.9 Å². The minimum atomic E-state index is -0.119. The summed E-state index contributed by atoms with van der Waals surface area (Å²) in [5, 5.41) is 7.43. The second-order valence-corrected chi connectivity index (χ2v) is 7.45. The molecule has 0 saturated carbocycles. The van der Waals surface area contributed by atoms with Crippen LogP contribution in [0.1, 0.15) is 48.0 Å². The quantitative estimate of drug-likeness (QED) is 0.504. The molecule has 0 saturated heterocycles. The molecule has 1 aliphatic rings. The highest BCUT2D eigenvalue weighted by molar-refractivity contribution is 5.93. The molecule has 2 heterocycles. The molecule has 0 atom stereocenters. The Hall–Kier alpha value is -3.15. The summed E-state index contributed by atoms with van der Waals surface area (Å²) in [7, 11) is 0. The van der Waals surface area contributed by atoms with Crippen LogP contribution in [0.5, 0.6) is 0 Å².